The molecule has 0 saturated carbocycles. The van der Waals surface area contributed by atoms with E-state index in [1.54, 1.807) is 7.11 Å². The van der Waals surface area contributed by atoms with Crippen LogP contribution in [0.1, 0.15) is 0 Å². The third-order valence-corrected chi connectivity index (χ3v) is 4.32. The van der Waals surface area contributed by atoms with Crippen molar-refractivity contribution in [1.82, 2.24) is 0 Å². The van der Waals surface area contributed by atoms with Crippen LogP contribution < -0.4 is 0 Å². The summed E-state index contributed by atoms with van der Waals surface area (Å²) < 4.78 is 43.4. The summed E-state index contributed by atoms with van der Waals surface area (Å²) in [5.41, 5.74) is 0. The second-order valence-corrected chi connectivity index (χ2v) is 8.90. The van der Waals surface area contributed by atoms with E-state index in [0.29, 0.717) is 0 Å². The van der Waals surface area contributed by atoms with Crippen LogP contribution in [0.5, 0.6) is 0 Å². The van der Waals surface area contributed by atoms with Gasteiger partial charge in [0.25, 0.3) is 0 Å². The fraction of sp³-hybridized carbons (Fsp3) is 0.333. The molecule has 0 unspecified atom stereocenters. The van der Waals surface area contributed by atoms with Crippen LogP contribution in [-0.4, -0.2) is 19.7 Å². The molecule has 0 saturated heterocycles. The predicted molar refractivity (Wildman–Crippen MR) is 64.1 cm³/mol. The van der Waals surface area contributed by atoms with Crippen LogP contribution in [0, 0.1) is 33.3 Å². The average Bonchev–Trinajstić information content (AvgIpc) is 2.54. The maximum absolute atomic E-state index is 7.50. The molecule has 0 aromatic rings. The van der Waals surface area contributed by atoms with Gasteiger partial charge in [-0.3, -0.25) is 0 Å². The second kappa shape index (κ2) is 36.1. The van der Waals surface area contributed by atoms with Gasteiger partial charge in [-0.15, -0.1) is 0 Å². The van der Waals surface area contributed by atoms with E-state index >= 15 is 0 Å². The first-order chi connectivity index (χ1) is 9.39. The first-order valence-electron chi connectivity index (χ1n) is 4.19. The second-order valence-electron chi connectivity index (χ2n) is 3.22. The summed E-state index contributed by atoms with van der Waals surface area (Å²) in [5, 5.41) is 1.15. The number of methoxy groups -OCH3 is 1. The zero-order chi connectivity index (χ0) is 18.4. The van der Waals surface area contributed by atoms with Gasteiger partial charge in [0.2, 0.25) is 0 Å². The van der Waals surface area contributed by atoms with Crippen molar-refractivity contribution in [3.63, 3.8) is 0 Å². The minimum absolute atomic E-state index is 0.860. The molecule has 20 heavy (non-hydrogen) atoms. The molecule has 0 aliphatic rings. The molecule has 108 valence electrons. The van der Waals surface area contributed by atoms with Crippen molar-refractivity contribution >= 4 is 12.6 Å². The van der Waals surface area contributed by atoms with Gasteiger partial charge in [-0.2, -0.15) is 0 Å². The van der Waals surface area contributed by atoms with E-state index in [4.69, 9.17) is 28.0 Å². The molecule has 0 heterocycles. The molecular weight excluding hydrogens is 320 g/mol. The Kier molecular flexibility index (Phi) is 65.8. The van der Waals surface area contributed by atoms with Crippen LogP contribution in [0.4, 0.5) is 0 Å². The van der Waals surface area contributed by atoms with Gasteiger partial charge in [0.15, 0.2) is 0 Å². The van der Waals surface area contributed by atoms with Crippen LogP contribution in [0.15, 0.2) is 11.8 Å². The number of rotatable bonds is 3. The summed E-state index contributed by atoms with van der Waals surface area (Å²) in [7, 11) is 0.431. The standard InChI is InChI=1S/C7H14OSi.5CO.Cr/c1-7(6-8-2)9(3,4)5;5*1-2;/h1H2,2-5H3;;;;;;. The van der Waals surface area contributed by atoms with Crippen molar-refractivity contribution in [3.8, 4) is 0 Å². The van der Waals surface area contributed by atoms with Gasteiger partial charge in [-0.05, 0) is 0 Å². The Bertz CT molecular complexity index is 298. The summed E-state index contributed by atoms with van der Waals surface area (Å²) in [6.45, 7) is 33.2. The van der Waals surface area contributed by atoms with Gasteiger partial charge >= 0.3 is 128 Å². The van der Waals surface area contributed by atoms with E-state index < -0.39 is 8.07 Å². The fourth-order valence-corrected chi connectivity index (χ4v) is 2.58. The fourth-order valence-electron chi connectivity index (χ4n) is 0.429. The van der Waals surface area contributed by atoms with E-state index in [2.05, 4.69) is 75.3 Å². The van der Waals surface area contributed by atoms with Crippen LogP contribution >= 0.6 is 0 Å². The maximum atomic E-state index is 7.50. The Morgan fingerprint density at radius 2 is 1.05 bits per heavy atom. The zero-order valence-electron chi connectivity index (χ0n) is 11.6. The molecule has 0 N–H and O–H groups in total. The molecule has 0 aliphatic heterocycles. The number of ether oxygens (including phenoxy) is 1. The molecule has 0 rings (SSSR count). The normalized spacial score (nSPS) is 6.10. The van der Waals surface area contributed by atoms with Crippen molar-refractivity contribution < 1.29 is 43.8 Å². The molecule has 0 aromatic carbocycles. The predicted octanol–water partition coefficient (Wildman–Crippen LogP) is 1.56. The molecule has 0 radical (unpaired) electrons. The molecule has 0 aliphatic carbocycles. The molecule has 0 atom stereocenters. The van der Waals surface area contributed by atoms with Crippen LogP contribution in [0.2, 0.25) is 19.6 Å². The van der Waals surface area contributed by atoms with Gasteiger partial charge in [-0.25, -0.2) is 0 Å². The number of hydrogen-bond donors (Lipinski definition) is 0. The summed E-state index contributed by atoms with van der Waals surface area (Å²) in [6, 6.07) is 0. The molecule has 8 heteroatoms. The van der Waals surface area contributed by atoms with Gasteiger partial charge in [0.05, 0.1) is 0 Å². The van der Waals surface area contributed by atoms with Crippen molar-refractivity contribution in [2.75, 3.05) is 7.11 Å². The van der Waals surface area contributed by atoms with Crippen molar-refractivity contribution in [1.29, 1.82) is 0 Å². The first-order valence-corrected chi connectivity index (χ1v) is 8.33. The van der Waals surface area contributed by atoms with Gasteiger partial charge in [0, 0.05) is 0 Å². The Morgan fingerprint density at radius 1 is 0.850 bits per heavy atom. The Balaban J connectivity index is -0.0000000412. The first kappa shape index (κ1) is 36.4. The molecule has 6 nitrogen and oxygen atoms in total. The molecule has 0 amide bonds. The quantitative estimate of drug-likeness (QED) is 0.435. The molecule has 0 bridgehead atoms. The molecule has 0 spiro atoms. The van der Waals surface area contributed by atoms with Crippen LogP contribution in [0.25, 0.3) is 0 Å². The topological polar surface area (TPSA) is 109 Å². The van der Waals surface area contributed by atoms with Crippen molar-refractivity contribution in [3.05, 3.63) is 45.0 Å². The van der Waals surface area contributed by atoms with E-state index in [1.165, 1.54) is 0 Å². The minimum atomic E-state index is -1.23. The molecule has 0 aromatic heterocycles. The SMILES string of the molecule is C=C([C](=[Cr])OC)[Si](C)(C)C.[C-]#[O+].[C-]#[O+].[C-]#[O+].[C-]#[O+].[C-]#[O+]. The van der Waals surface area contributed by atoms with E-state index in [1.807, 2.05) is 0 Å². The zero-order valence-corrected chi connectivity index (χ0v) is 13.8. The van der Waals surface area contributed by atoms with Crippen LogP contribution in [-0.2, 0) is 43.8 Å². The summed E-state index contributed by atoms with van der Waals surface area (Å²) in [6.07, 6.45) is 0. The van der Waals surface area contributed by atoms with Crippen molar-refractivity contribution in [2.45, 2.75) is 19.6 Å². The third kappa shape index (κ3) is 36.0. The Morgan fingerprint density at radius 3 is 1.10 bits per heavy atom. The summed E-state index contributed by atoms with van der Waals surface area (Å²) in [4.78, 5) is 0. The third-order valence-electron chi connectivity index (χ3n) is 1.34. The van der Waals surface area contributed by atoms with Gasteiger partial charge in [0.1, 0.15) is 0 Å². The van der Waals surface area contributed by atoms with Crippen molar-refractivity contribution in [2.24, 2.45) is 0 Å². The monoisotopic (exact) mass is 334 g/mol. The molecular formula is C12H14CrO6Si. The summed E-state index contributed by atoms with van der Waals surface area (Å²) in [5.74, 6) is 0. The summed E-state index contributed by atoms with van der Waals surface area (Å²) >= 11 is 2.86. The average molecular weight is 334 g/mol. The van der Waals surface area contributed by atoms with E-state index in [0.717, 1.165) is 9.76 Å². The van der Waals surface area contributed by atoms with E-state index in [9.17, 15) is 0 Å². The Hall–Kier alpha value is -0.981. The van der Waals surface area contributed by atoms with Gasteiger partial charge < -0.3 is 0 Å². The number of hydrogen-bond acceptors (Lipinski definition) is 1. The van der Waals surface area contributed by atoms with Crippen LogP contribution in [0.3, 0.4) is 0 Å². The van der Waals surface area contributed by atoms with E-state index in [-0.39, 0.29) is 0 Å². The molecule has 0 fully saturated rings. The Labute approximate surface area is 128 Å². The van der Waals surface area contributed by atoms with Gasteiger partial charge in [-0.1, -0.05) is 0 Å².